The lowest BCUT2D eigenvalue weighted by molar-refractivity contribution is -0.118. The number of carbonyl (C=O) groups is 1. The lowest BCUT2D eigenvalue weighted by Gasteiger charge is -2.05. The predicted octanol–water partition coefficient (Wildman–Crippen LogP) is 3.95. The molecule has 0 radical (unpaired) electrons. The van der Waals surface area contributed by atoms with E-state index in [1.807, 2.05) is 42.5 Å². The molecule has 1 heterocycles. The summed E-state index contributed by atoms with van der Waals surface area (Å²) in [5, 5.41) is 5.37. The van der Waals surface area contributed by atoms with Crippen LogP contribution in [-0.4, -0.2) is 27.4 Å². The number of rotatable bonds is 6. The minimum atomic E-state index is -0.192. The van der Waals surface area contributed by atoms with E-state index in [1.165, 1.54) is 18.0 Å². The van der Waals surface area contributed by atoms with E-state index in [4.69, 9.17) is 11.6 Å². The van der Waals surface area contributed by atoms with Gasteiger partial charge < -0.3 is 4.57 Å². The summed E-state index contributed by atoms with van der Waals surface area (Å²) in [5.74, 6) is 0.0476. The molecule has 1 amide bonds. The molecular formula is C18H17ClN4OS. The van der Waals surface area contributed by atoms with Gasteiger partial charge in [-0.15, -0.1) is 0 Å². The van der Waals surface area contributed by atoms with Gasteiger partial charge in [-0.3, -0.25) is 4.79 Å². The second-order valence-corrected chi connectivity index (χ2v) is 6.58. The smallest absolute Gasteiger partial charge is 0.250 e. The van der Waals surface area contributed by atoms with Crippen molar-refractivity contribution >= 4 is 46.5 Å². The fourth-order valence-corrected chi connectivity index (χ4v) is 3.44. The van der Waals surface area contributed by atoms with Crippen LogP contribution in [0.15, 0.2) is 58.8 Å². The first kappa shape index (κ1) is 17.5. The number of fused-ring (bicyclic) bond motifs is 1. The number of hydrazone groups is 1. The van der Waals surface area contributed by atoms with E-state index in [9.17, 15) is 4.79 Å². The van der Waals surface area contributed by atoms with Gasteiger partial charge in [0.15, 0.2) is 5.16 Å². The molecule has 0 aliphatic heterocycles. The Hall–Kier alpha value is -2.31. The van der Waals surface area contributed by atoms with Crippen molar-refractivity contribution in [1.82, 2.24) is 15.0 Å². The number of thioether (sulfide) groups is 1. The third-order valence-corrected chi connectivity index (χ3v) is 4.89. The number of halogens is 1. The van der Waals surface area contributed by atoms with Crippen LogP contribution in [0.5, 0.6) is 0 Å². The molecule has 0 unspecified atom stereocenters. The topological polar surface area (TPSA) is 59.3 Å². The Morgan fingerprint density at radius 3 is 2.84 bits per heavy atom. The Bertz CT molecular complexity index is 922. The van der Waals surface area contributed by atoms with Gasteiger partial charge in [-0.25, -0.2) is 10.4 Å². The molecule has 128 valence electrons. The number of para-hydroxylation sites is 2. The summed E-state index contributed by atoms with van der Waals surface area (Å²) >= 11 is 7.43. The highest BCUT2D eigenvalue weighted by molar-refractivity contribution is 7.99. The summed E-state index contributed by atoms with van der Waals surface area (Å²) in [6.07, 6.45) is 1.53. The van der Waals surface area contributed by atoms with Crippen LogP contribution >= 0.6 is 23.4 Å². The molecule has 0 aliphatic carbocycles. The molecule has 0 atom stereocenters. The van der Waals surface area contributed by atoms with Gasteiger partial charge in [0.2, 0.25) is 0 Å². The second-order valence-electron chi connectivity index (χ2n) is 5.23. The molecule has 0 bridgehead atoms. The van der Waals surface area contributed by atoms with Crippen molar-refractivity contribution in [2.24, 2.45) is 5.10 Å². The van der Waals surface area contributed by atoms with Gasteiger partial charge in [0.05, 0.1) is 23.0 Å². The molecule has 5 nitrogen and oxygen atoms in total. The van der Waals surface area contributed by atoms with Crippen LogP contribution in [0.3, 0.4) is 0 Å². The number of aromatic nitrogens is 2. The average Bonchev–Trinajstić information content (AvgIpc) is 2.99. The summed E-state index contributed by atoms with van der Waals surface area (Å²) in [7, 11) is 0. The molecule has 0 aliphatic rings. The minimum Gasteiger partial charge on any atom is -0.319 e. The van der Waals surface area contributed by atoms with Crippen molar-refractivity contribution in [3.8, 4) is 0 Å². The maximum atomic E-state index is 12.0. The van der Waals surface area contributed by atoms with Crippen LogP contribution in [0.4, 0.5) is 0 Å². The Labute approximate surface area is 155 Å². The summed E-state index contributed by atoms with van der Waals surface area (Å²) in [6.45, 7) is 2.86. The number of hydrogen-bond acceptors (Lipinski definition) is 4. The number of nitrogens with zero attached hydrogens (tertiary/aromatic N) is 3. The molecule has 3 rings (SSSR count). The maximum Gasteiger partial charge on any atom is 0.250 e. The number of aryl methyl sites for hydroxylation is 1. The van der Waals surface area contributed by atoms with Gasteiger partial charge in [0.25, 0.3) is 5.91 Å². The van der Waals surface area contributed by atoms with Crippen LogP contribution in [0.2, 0.25) is 5.02 Å². The molecule has 3 aromatic rings. The number of benzene rings is 2. The maximum absolute atomic E-state index is 12.0. The fraction of sp³-hybridized carbons (Fsp3) is 0.167. The number of imidazole rings is 1. The zero-order valence-corrected chi connectivity index (χ0v) is 15.2. The van der Waals surface area contributed by atoms with Gasteiger partial charge in [0.1, 0.15) is 0 Å². The van der Waals surface area contributed by atoms with E-state index in [2.05, 4.69) is 27.0 Å². The second kappa shape index (κ2) is 8.18. The standard InChI is InChI=1S/C18H17ClN4OS/c1-2-23-16-10-6-5-9-15(16)21-18(23)25-12-17(24)22-20-11-13-7-3-4-8-14(13)19/h3-11H,2,12H2,1H3,(H,22,24)/b20-11-. The van der Waals surface area contributed by atoms with Crippen LogP contribution in [0.1, 0.15) is 12.5 Å². The molecule has 7 heteroatoms. The highest BCUT2D eigenvalue weighted by Crippen LogP contribution is 2.23. The lowest BCUT2D eigenvalue weighted by atomic mass is 10.2. The van der Waals surface area contributed by atoms with E-state index in [-0.39, 0.29) is 11.7 Å². The normalized spacial score (nSPS) is 11.3. The third-order valence-electron chi connectivity index (χ3n) is 3.57. The molecule has 0 saturated heterocycles. The monoisotopic (exact) mass is 372 g/mol. The zero-order valence-electron chi connectivity index (χ0n) is 13.6. The lowest BCUT2D eigenvalue weighted by Crippen LogP contribution is -2.20. The van der Waals surface area contributed by atoms with Gasteiger partial charge in [-0.2, -0.15) is 5.10 Å². The largest absolute Gasteiger partial charge is 0.319 e. The van der Waals surface area contributed by atoms with Gasteiger partial charge >= 0.3 is 0 Å². The van der Waals surface area contributed by atoms with Crippen molar-refractivity contribution in [3.63, 3.8) is 0 Å². The first-order chi connectivity index (χ1) is 12.2. The van der Waals surface area contributed by atoms with E-state index in [0.717, 1.165) is 28.3 Å². The Balaban J connectivity index is 1.60. The van der Waals surface area contributed by atoms with E-state index in [1.54, 1.807) is 6.07 Å². The molecule has 1 aromatic heterocycles. The van der Waals surface area contributed by atoms with Crippen LogP contribution in [0.25, 0.3) is 11.0 Å². The first-order valence-electron chi connectivity index (χ1n) is 7.83. The highest BCUT2D eigenvalue weighted by atomic mass is 35.5. The zero-order chi connectivity index (χ0) is 17.6. The first-order valence-corrected chi connectivity index (χ1v) is 9.20. The summed E-state index contributed by atoms with van der Waals surface area (Å²) in [6, 6.07) is 15.3. The molecule has 0 saturated carbocycles. The van der Waals surface area contributed by atoms with Crippen molar-refractivity contribution in [2.45, 2.75) is 18.6 Å². The van der Waals surface area contributed by atoms with Gasteiger partial charge in [0, 0.05) is 17.1 Å². The summed E-state index contributed by atoms with van der Waals surface area (Å²) in [5.41, 5.74) is 5.28. The van der Waals surface area contributed by atoms with Gasteiger partial charge in [-0.1, -0.05) is 53.7 Å². The van der Waals surface area contributed by atoms with E-state index in [0.29, 0.717) is 5.02 Å². The SMILES string of the molecule is CCn1c(SCC(=O)N/N=C\c2ccccc2Cl)nc2ccccc21. The van der Waals surface area contributed by atoms with E-state index >= 15 is 0 Å². The van der Waals surface area contributed by atoms with Crippen LogP contribution in [0, 0.1) is 0 Å². The van der Waals surface area contributed by atoms with Crippen LogP contribution < -0.4 is 5.43 Å². The quantitative estimate of drug-likeness (QED) is 0.405. The predicted molar refractivity (Wildman–Crippen MR) is 103 cm³/mol. The number of nitrogens with one attached hydrogen (secondary N) is 1. The third kappa shape index (κ3) is 4.21. The summed E-state index contributed by atoms with van der Waals surface area (Å²) in [4.78, 5) is 16.6. The molecule has 0 fully saturated rings. The van der Waals surface area contributed by atoms with Crippen molar-refractivity contribution in [1.29, 1.82) is 0 Å². The molecular weight excluding hydrogens is 356 g/mol. The Kier molecular flexibility index (Phi) is 5.73. The average molecular weight is 373 g/mol. The number of amides is 1. The molecule has 1 N–H and O–H groups in total. The molecule has 0 spiro atoms. The minimum absolute atomic E-state index is 0.192. The van der Waals surface area contributed by atoms with E-state index < -0.39 is 0 Å². The molecule has 2 aromatic carbocycles. The van der Waals surface area contributed by atoms with Crippen molar-refractivity contribution in [3.05, 3.63) is 59.1 Å². The number of carbonyl (C=O) groups excluding carboxylic acids is 1. The highest BCUT2D eigenvalue weighted by Gasteiger charge is 2.11. The fourth-order valence-electron chi connectivity index (χ4n) is 2.39. The Morgan fingerprint density at radius 2 is 2.04 bits per heavy atom. The summed E-state index contributed by atoms with van der Waals surface area (Å²) < 4.78 is 2.10. The van der Waals surface area contributed by atoms with Crippen molar-refractivity contribution < 1.29 is 4.79 Å². The Morgan fingerprint density at radius 1 is 1.28 bits per heavy atom. The van der Waals surface area contributed by atoms with Crippen molar-refractivity contribution in [2.75, 3.05) is 5.75 Å². The number of hydrogen-bond donors (Lipinski definition) is 1. The van der Waals surface area contributed by atoms with Gasteiger partial charge in [-0.05, 0) is 25.1 Å². The molecule has 25 heavy (non-hydrogen) atoms. The van der Waals surface area contributed by atoms with Crippen LogP contribution in [-0.2, 0) is 11.3 Å².